The minimum Gasteiger partial charge on any atom is -0.490 e. The van der Waals surface area contributed by atoms with Gasteiger partial charge in [-0.25, -0.2) is 0 Å². The number of allylic oxidation sites excluding steroid dienone is 1. The third kappa shape index (κ3) is 4.49. The normalized spacial score (nSPS) is 12.3. The summed E-state index contributed by atoms with van der Waals surface area (Å²) in [5.74, 6) is 0.131. The van der Waals surface area contributed by atoms with Gasteiger partial charge in [0, 0.05) is 26.9 Å². The molecule has 0 aliphatic carbocycles. The molecule has 0 saturated heterocycles. The maximum Gasteiger partial charge on any atom is 0.224 e. The molecular formula is C23H23ClN4O3. The number of Topliss-reactive ketones (excluding diaryl/α,β-unsaturated/α-hetero) is 1. The molecule has 0 spiro atoms. The summed E-state index contributed by atoms with van der Waals surface area (Å²) in [4.78, 5) is 28.9. The van der Waals surface area contributed by atoms with Crippen molar-refractivity contribution in [2.75, 3.05) is 35.8 Å². The molecule has 1 amide bonds. The summed E-state index contributed by atoms with van der Waals surface area (Å²) in [6, 6.07) is 14.7. The lowest BCUT2D eigenvalue weighted by Crippen LogP contribution is -2.26. The van der Waals surface area contributed by atoms with E-state index in [1.165, 1.54) is 0 Å². The number of nitriles is 1. The number of nitrogens with zero attached hydrogens (tertiary/aromatic N) is 3. The molecule has 1 aliphatic heterocycles. The molecule has 0 radical (unpaired) electrons. The van der Waals surface area contributed by atoms with Crippen molar-refractivity contribution in [1.82, 2.24) is 0 Å². The molecule has 1 heterocycles. The summed E-state index contributed by atoms with van der Waals surface area (Å²) in [7, 11) is 3.62. The van der Waals surface area contributed by atoms with Gasteiger partial charge in [-0.1, -0.05) is 29.8 Å². The van der Waals surface area contributed by atoms with E-state index >= 15 is 0 Å². The number of hydrogen-bond donors (Lipinski definition) is 1. The van der Waals surface area contributed by atoms with Crippen LogP contribution in [0.3, 0.4) is 0 Å². The highest BCUT2D eigenvalue weighted by Gasteiger charge is 2.31. The molecule has 0 fully saturated rings. The predicted molar refractivity (Wildman–Crippen MR) is 121 cm³/mol. The van der Waals surface area contributed by atoms with Crippen LogP contribution in [0.1, 0.15) is 19.8 Å². The Bertz CT molecular complexity index is 1060. The van der Waals surface area contributed by atoms with E-state index < -0.39 is 5.78 Å². The van der Waals surface area contributed by atoms with Gasteiger partial charge < -0.3 is 19.9 Å². The molecule has 0 bridgehead atoms. The zero-order chi connectivity index (χ0) is 22.5. The Hall–Kier alpha value is -3.50. The number of hydrogen-bond acceptors (Lipinski definition) is 6. The number of carbonyl (C=O) groups excluding carboxylic acids is 2. The van der Waals surface area contributed by atoms with Gasteiger partial charge in [0.05, 0.1) is 28.7 Å². The van der Waals surface area contributed by atoms with Crippen molar-refractivity contribution < 1.29 is 14.3 Å². The Morgan fingerprint density at radius 1 is 1.06 bits per heavy atom. The molecule has 1 aliphatic rings. The van der Waals surface area contributed by atoms with Crippen molar-refractivity contribution in [1.29, 1.82) is 5.26 Å². The van der Waals surface area contributed by atoms with E-state index in [0.717, 1.165) is 11.4 Å². The van der Waals surface area contributed by atoms with Crippen LogP contribution in [-0.4, -0.2) is 32.4 Å². The van der Waals surface area contributed by atoms with Crippen LogP contribution in [0, 0.1) is 11.3 Å². The van der Waals surface area contributed by atoms with E-state index in [2.05, 4.69) is 5.32 Å². The van der Waals surface area contributed by atoms with Crippen molar-refractivity contribution in [3.8, 4) is 11.8 Å². The first-order valence-electron chi connectivity index (χ1n) is 9.84. The van der Waals surface area contributed by atoms with E-state index in [9.17, 15) is 14.9 Å². The largest absolute Gasteiger partial charge is 0.490 e. The van der Waals surface area contributed by atoms with Crippen LogP contribution in [0.25, 0.3) is 0 Å². The zero-order valence-corrected chi connectivity index (χ0v) is 18.4. The molecule has 1 N–H and O–H groups in total. The van der Waals surface area contributed by atoms with Gasteiger partial charge in [0.15, 0.2) is 11.5 Å². The average molecular weight is 439 g/mol. The number of carbonyl (C=O) groups is 2. The highest BCUT2D eigenvalue weighted by molar-refractivity contribution is 6.32. The Labute approximate surface area is 186 Å². The molecule has 0 saturated carbocycles. The SMILES string of the molecule is CCOc1c(Cl)cccc1NC(=O)CCC(=O)C(C#N)=C1N(C)c2ccccc2N1C. The van der Waals surface area contributed by atoms with Crippen LogP contribution in [0.15, 0.2) is 53.9 Å². The molecule has 2 aromatic carbocycles. The maximum absolute atomic E-state index is 12.8. The third-order valence-corrected chi connectivity index (χ3v) is 5.26. The number of anilines is 3. The minimum absolute atomic E-state index is 0.0201. The number of fused-ring (bicyclic) bond motifs is 1. The lowest BCUT2D eigenvalue weighted by molar-refractivity contribution is -0.120. The first-order chi connectivity index (χ1) is 14.9. The fraction of sp³-hybridized carbons (Fsp3) is 0.261. The van der Waals surface area contributed by atoms with Gasteiger partial charge in [-0.2, -0.15) is 5.26 Å². The summed E-state index contributed by atoms with van der Waals surface area (Å²) in [6.07, 6.45) is -0.170. The summed E-state index contributed by atoms with van der Waals surface area (Å²) < 4.78 is 5.50. The van der Waals surface area contributed by atoms with Crippen LogP contribution < -0.4 is 19.9 Å². The lowest BCUT2D eigenvalue weighted by atomic mass is 10.1. The second-order valence-corrected chi connectivity index (χ2v) is 7.35. The first-order valence-corrected chi connectivity index (χ1v) is 10.2. The Morgan fingerprint density at radius 3 is 2.29 bits per heavy atom. The predicted octanol–water partition coefficient (Wildman–Crippen LogP) is 4.35. The van der Waals surface area contributed by atoms with Gasteiger partial charge >= 0.3 is 0 Å². The van der Waals surface area contributed by atoms with Crippen LogP contribution in [-0.2, 0) is 9.59 Å². The number of ether oxygens (including phenoxy) is 1. The first kappa shape index (κ1) is 22.2. The standard InChI is InChI=1S/C23H23ClN4O3/c1-4-31-22-16(24)8-7-9-17(22)26-21(30)13-12-20(29)15(14-25)23-27(2)18-10-5-6-11-19(18)28(23)3/h5-11H,4,12-13H2,1-3H3,(H,26,30). The number of benzene rings is 2. The summed E-state index contributed by atoms with van der Waals surface area (Å²) in [6.45, 7) is 2.22. The second-order valence-electron chi connectivity index (χ2n) is 6.94. The number of halogens is 1. The van der Waals surface area contributed by atoms with Crippen LogP contribution in [0.2, 0.25) is 5.02 Å². The van der Waals surface area contributed by atoms with Crippen molar-refractivity contribution in [2.24, 2.45) is 0 Å². The Morgan fingerprint density at radius 2 is 1.71 bits per heavy atom. The Kier molecular flexibility index (Phi) is 6.83. The number of rotatable bonds is 7. The number of nitrogens with one attached hydrogen (secondary N) is 1. The maximum atomic E-state index is 12.8. The lowest BCUT2D eigenvalue weighted by Gasteiger charge is -2.20. The highest BCUT2D eigenvalue weighted by Crippen LogP contribution is 2.40. The molecule has 160 valence electrons. The highest BCUT2D eigenvalue weighted by atomic mass is 35.5. The third-order valence-electron chi connectivity index (χ3n) is 4.96. The van der Waals surface area contributed by atoms with Crippen LogP contribution in [0.4, 0.5) is 17.1 Å². The Balaban J connectivity index is 1.72. The number of ketones is 1. The van der Waals surface area contributed by atoms with Crippen LogP contribution in [0.5, 0.6) is 5.75 Å². The topological polar surface area (TPSA) is 85.7 Å². The molecule has 0 atom stereocenters. The van der Waals surface area contributed by atoms with E-state index in [4.69, 9.17) is 16.3 Å². The summed E-state index contributed by atoms with van der Waals surface area (Å²) in [5, 5.41) is 12.8. The number of amides is 1. The molecular weight excluding hydrogens is 416 g/mol. The molecule has 0 aromatic heterocycles. The van der Waals surface area contributed by atoms with Gasteiger partial charge in [-0.15, -0.1) is 0 Å². The molecule has 8 heteroatoms. The summed E-state index contributed by atoms with van der Waals surface area (Å²) >= 11 is 6.14. The van der Waals surface area contributed by atoms with E-state index in [-0.39, 0.29) is 24.3 Å². The van der Waals surface area contributed by atoms with Gasteiger partial charge in [0.1, 0.15) is 17.5 Å². The number of para-hydroxylation sites is 3. The van der Waals surface area contributed by atoms with E-state index in [1.807, 2.05) is 61.2 Å². The van der Waals surface area contributed by atoms with Gasteiger partial charge in [0.2, 0.25) is 5.91 Å². The second kappa shape index (κ2) is 9.54. The van der Waals surface area contributed by atoms with Crippen molar-refractivity contribution in [3.05, 3.63) is 58.9 Å². The fourth-order valence-electron chi connectivity index (χ4n) is 3.52. The minimum atomic E-state index is -0.393. The van der Waals surface area contributed by atoms with Crippen molar-refractivity contribution in [2.45, 2.75) is 19.8 Å². The average Bonchev–Trinajstić information content (AvgIpc) is 3.01. The quantitative estimate of drug-likeness (QED) is 0.511. The molecule has 0 unspecified atom stereocenters. The fourth-order valence-corrected chi connectivity index (χ4v) is 3.75. The molecule has 2 aromatic rings. The monoisotopic (exact) mass is 438 g/mol. The van der Waals surface area contributed by atoms with E-state index in [1.54, 1.807) is 18.2 Å². The van der Waals surface area contributed by atoms with Gasteiger partial charge in [0.25, 0.3) is 0 Å². The summed E-state index contributed by atoms with van der Waals surface area (Å²) in [5.41, 5.74) is 2.27. The van der Waals surface area contributed by atoms with Gasteiger partial charge in [-0.3, -0.25) is 9.59 Å². The smallest absolute Gasteiger partial charge is 0.224 e. The molecule has 31 heavy (non-hydrogen) atoms. The molecule has 7 nitrogen and oxygen atoms in total. The van der Waals surface area contributed by atoms with Gasteiger partial charge in [-0.05, 0) is 31.2 Å². The zero-order valence-electron chi connectivity index (χ0n) is 17.6. The molecule has 3 rings (SSSR count). The van der Waals surface area contributed by atoms with Crippen molar-refractivity contribution in [3.63, 3.8) is 0 Å². The van der Waals surface area contributed by atoms with E-state index in [0.29, 0.717) is 28.9 Å². The van der Waals surface area contributed by atoms with Crippen LogP contribution >= 0.6 is 11.6 Å². The van der Waals surface area contributed by atoms with Crippen molar-refractivity contribution >= 4 is 40.4 Å².